The van der Waals surface area contributed by atoms with Crippen LogP contribution in [0.25, 0.3) is 0 Å². The molecule has 1 aromatic heterocycles. The van der Waals surface area contributed by atoms with E-state index in [-0.39, 0.29) is 5.91 Å². The van der Waals surface area contributed by atoms with Crippen LogP contribution in [0.3, 0.4) is 0 Å². The predicted octanol–water partition coefficient (Wildman–Crippen LogP) is 3.34. The van der Waals surface area contributed by atoms with Gasteiger partial charge in [0.05, 0.1) is 12.0 Å². The minimum Gasteiger partial charge on any atom is -0.496 e. The smallest absolute Gasteiger partial charge is 0.261 e. The minimum atomic E-state index is -0.0907. The summed E-state index contributed by atoms with van der Waals surface area (Å²) in [5.74, 6) is 0.623. The number of hydrogen-bond acceptors (Lipinski definition) is 3. The molecule has 0 radical (unpaired) electrons. The molecule has 0 aliphatic carbocycles. The topological polar surface area (TPSA) is 38.3 Å². The van der Waals surface area contributed by atoms with Gasteiger partial charge in [-0.1, -0.05) is 17.7 Å². The number of methoxy groups -OCH3 is 1. The number of carbonyl (C=O) groups is 1. The Morgan fingerprint density at radius 1 is 1.44 bits per heavy atom. The van der Waals surface area contributed by atoms with Gasteiger partial charge >= 0.3 is 0 Å². The SMILES string of the molecule is COc1ccc(Cl)cc1CNC(=O)c1cccs1. The Balaban J connectivity index is 2.06. The third-order valence-corrected chi connectivity index (χ3v) is 3.53. The second-order valence-electron chi connectivity index (χ2n) is 3.62. The average molecular weight is 282 g/mol. The van der Waals surface area contributed by atoms with Gasteiger partial charge in [-0.2, -0.15) is 0 Å². The van der Waals surface area contributed by atoms with Crippen LogP contribution in [0.5, 0.6) is 5.75 Å². The van der Waals surface area contributed by atoms with Crippen molar-refractivity contribution in [2.75, 3.05) is 7.11 Å². The highest BCUT2D eigenvalue weighted by molar-refractivity contribution is 7.12. The Hall–Kier alpha value is -1.52. The molecule has 0 aliphatic rings. The molecule has 18 heavy (non-hydrogen) atoms. The molecule has 3 nitrogen and oxygen atoms in total. The number of halogens is 1. The maximum atomic E-state index is 11.8. The van der Waals surface area contributed by atoms with Gasteiger partial charge in [-0.05, 0) is 29.6 Å². The monoisotopic (exact) mass is 281 g/mol. The zero-order chi connectivity index (χ0) is 13.0. The molecule has 2 aromatic rings. The van der Waals surface area contributed by atoms with Gasteiger partial charge < -0.3 is 10.1 Å². The van der Waals surface area contributed by atoms with E-state index in [0.717, 1.165) is 5.56 Å². The summed E-state index contributed by atoms with van der Waals surface area (Å²) >= 11 is 7.33. The van der Waals surface area contributed by atoms with Crippen LogP contribution in [0.15, 0.2) is 35.7 Å². The van der Waals surface area contributed by atoms with Crippen LogP contribution < -0.4 is 10.1 Å². The van der Waals surface area contributed by atoms with Crippen molar-refractivity contribution in [3.63, 3.8) is 0 Å². The zero-order valence-corrected chi connectivity index (χ0v) is 11.3. The first kappa shape index (κ1) is 12.9. The lowest BCUT2D eigenvalue weighted by Gasteiger charge is -2.09. The molecule has 2 rings (SSSR count). The Labute approximate surface area is 114 Å². The van der Waals surface area contributed by atoms with Crippen LogP contribution in [0, 0.1) is 0 Å². The highest BCUT2D eigenvalue weighted by Crippen LogP contribution is 2.22. The molecule has 0 fully saturated rings. The van der Waals surface area contributed by atoms with E-state index in [1.54, 1.807) is 31.4 Å². The summed E-state index contributed by atoms with van der Waals surface area (Å²) in [6.07, 6.45) is 0. The van der Waals surface area contributed by atoms with Gasteiger partial charge in [0, 0.05) is 17.1 Å². The fourth-order valence-corrected chi connectivity index (χ4v) is 2.39. The van der Waals surface area contributed by atoms with Crippen molar-refractivity contribution in [1.29, 1.82) is 0 Å². The fourth-order valence-electron chi connectivity index (χ4n) is 1.56. The first-order valence-electron chi connectivity index (χ1n) is 5.35. The van der Waals surface area contributed by atoms with Gasteiger partial charge in [0.1, 0.15) is 5.75 Å². The van der Waals surface area contributed by atoms with Gasteiger partial charge in [-0.15, -0.1) is 11.3 Å². The number of thiophene rings is 1. The van der Waals surface area contributed by atoms with E-state index in [1.807, 2.05) is 11.4 Å². The normalized spacial score (nSPS) is 10.1. The average Bonchev–Trinajstić information content (AvgIpc) is 2.90. The molecule has 0 aliphatic heterocycles. The Bertz CT molecular complexity index is 540. The van der Waals surface area contributed by atoms with Crippen molar-refractivity contribution >= 4 is 28.8 Å². The van der Waals surface area contributed by atoms with E-state index in [9.17, 15) is 4.79 Å². The zero-order valence-electron chi connectivity index (χ0n) is 9.77. The molecule has 94 valence electrons. The summed E-state index contributed by atoms with van der Waals surface area (Å²) in [5, 5.41) is 5.33. The van der Waals surface area contributed by atoms with Crippen LogP contribution in [0.2, 0.25) is 5.02 Å². The second kappa shape index (κ2) is 5.89. The van der Waals surface area contributed by atoms with Crippen molar-refractivity contribution in [3.05, 3.63) is 51.2 Å². The first-order chi connectivity index (χ1) is 8.70. The molecule has 1 heterocycles. The van der Waals surface area contributed by atoms with Gasteiger partial charge in [-0.3, -0.25) is 4.79 Å². The lowest BCUT2D eigenvalue weighted by molar-refractivity contribution is 0.0955. The number of nitrogens with one attached hydrogen (secondary N) is 1. The third-order valence-electron chi connectivity index (χ3n) is 2.43. The summed E-state index contributed by atoms with van der Waals surface area (Å²) in [6, 6.07) is 8.96. The fraction of sp³-hybridized carbons (Fsp3) is 0.154. The molecule has 0 saturated heterocycles. The number of benzene rings is 1. The summed E-state index contributed by atoms with van der Waals surface area (Å²) in [5.41, 5.74) is 0.856. The molecule has 0 atom stereocenters. The van der Waals surface area contributed by atoms with Crippen molar-refractivity contribution < 1.29 is 9.53 Å². The van der Waals surface area contributed by atoms with Crippen LogP contribution in [-0.4, -0.2) is 13.0 Å². The van der Waals surface area contributed by atoms with Crippen molar-refractivity contribution in [2.45, 2.75) is 6.54 Å². The standard InChI is InChI=1S/C13H12ClNO2S/c1-17-11-5-4-10(14)7-9(11)8-15-13(16)12-3-2-6-18-12/h2-7H,8H2,1H3,(H,15,16). The molecule has 1 N–H and O–H groups in total. The maximum absolute atomic E-state index is 11.8. The molecule has 5 heteroatoms. The number of carbonyl (C=O) groups excluding carboxylic acids is 1. The molecule has 1 amide bonds. The maximum Gasteiger partial charge on any atom is 0.261 e. The van der Waals surface area contributed by atoms with Crippen molar-refractivity contribution in [3.8, 4) is 5.75 Å². The minimum absolute atomic E-state index is 0.0907. The summed E-state index contributed by atoms with van der Waals surface area (Å²) in [4.78, 5) is 12.5. The Morgan fingerprint density at radius 2 is 2.28 bits per heavy atom. The molecule has 0 bridgehead atoms. The second-order valence-corrected chi connectivity index (χ2v) is 5.00. The first-order valence-corrected chi connectivity index (χ1v) is 6.60. The highest BCUT2D eigenvalue weighted by atomic mass is 35.5. The molecule has 1 aromatic carbocycles. The number of amides is 1. The molecular formula is C13H12ClNO2S. The van der Waals surface area contributed by atoms with E-state index in [2.05, 4.69) is 5.32 Å². The van der Waals surface area contributed by atoms with E-state index < -0.39 is 0 Å². The number of rotatable bonds is 4. The largest absolute Gasteiger partial charge is 0.496 e. The quantitative estimate of drug-likeness (QED) is 0.933. The van der Waals surface area contributed by atoms with E-state index >= 15 is 0 Å². The summed E-state index contributed by atoms with van der Waals surface area (Å²) in [6.45, 7) is 0.389. The number of ether oxygens (including phenoxy) is 1. The van der Waals surface area contributed by atoms with Crippen molar-refractivity contribution in [1.82, 2.24) is 5.32 Å². The molecule has 0 spiro atoms. The van der Waals surface area contributed by atoms with Gasteiger partial charge in [0.25, 0.3) is 5.91 Å². The van der Waals surface area contributed by atoms with Crippen molar-refractivity contribution in [2.24, 2.45) is 0 Å². The predicted molar refractivity (Wildman–Crippen MR) is 73.5 cm³/mol. The van der Waals surface area contributed by atoms with Gasteiger partial charge in [0.15, 0.2) is 0 Å². The highest BCUT2D eigenvalue weighted by Gasteiger charge is 2.08. The molecule has 0 unspecified atom stereocenters. The summed E-state index contributed by atoms with van der Waals surface area (Å²) in [7, 11) is 1.59. The van der Waals surface area contributed by atoms with Crippen LogP contribution in [0.4, 0.5) is 0 Å². The van der Waals surface area contributed by atoms with Crippen LogP contribution in [-0.2, 0) is 6.54 Å². The van der Waals surface area contributed by atoms with Crippen LogP contribution >= 0.6 is 22.9 Å². The lowest BCUT2D eigenvalue weighted by atomic mass is 10.2. The Kier molecular flexibility index (Phi) is 4.23. The number of hydrogen-bond donors (Lipinski definition) is 1. The lowest BCUT2D eigenvalue weighted by Crippen LogP contribution is -2.22. The van der Waals surface area contributed by atoms with Crippen LogP contribution in [0.1, 0.15) is 15.2 Å². The van der Waals surface area contributed by atoms with Gasteiger partial charge in [0.2, 0.25) is 0 Å². The third kappa shape index (κ3) is 3.03. The summed E-state index contributed by atoms with van der Waals surface area (Å²) < 4.78 is 5.22. The molecular weight excluding hydrogens is 270 g/mol. The van der Waals surface area contributed by atoms with E-state index in [1.165, 1.54) is 11.3 Å². The van der Waals surface area contributed by atoms with E-state index in [0.29, 0.717) is 22.2 Å². The molecule has 0 saturated carbocycles. The van der Waals surface area contributed by atoms with Gasteiger partial charge in [-0.25, -0.2) is 0 Å². The van der Waals surface area contributed by atoms with E-state index in [4.69, 9.17) is 16.3 Å². The Morgan fingerprint density at radius 3 is 2.94 bits per heavy atom.